The molecule has 1 aliphatic carbocycles. The van der Waals surface area contributed by atoms with E-state index in [1.165, 1.54) is 19.0 Å². The van der Waals surface area contributed by atoms with E-state index < -0.39 is 10.0 Å². The van der Waals surface area contributed by atoms with Crippen LogP contribution in [0, 0.1) is 5.92 Å². The van der Waals surface area contributed by atoms with Gasteiger partial charge in [0.1, 0.15) is 11.2 Å². The van der Waals surface area contributed by atoms with Crippen LogP contribution in [0.15, 0.2) is 35.7 Å². The summed E-state index contributed by atoms with van der Waals surface area (Å²) in [6.45, 7) is 1.40. The van der Waals surface area contributed by atoms with Crippen LogP contribution >= 0.6 is 0 Å². The van der Waals surface area contributed by atoms with Crippen LogP contribution in [0.3, 0.4) is 0 Å². The standard InChI is InChI=1S/C16H21N5O2S/c22-24(23,14-4-3-8-17-10-14)21-9-2-1-5-15(21)16-19-18-12-20(16)11-13-6-7-13/h3-4,8,10,12-13,15H,1-2,5-7,9,11H2/t15-/m0/s1. The normalized spacial score (nSPS) is 22.6. The number of sulfonamides is 1. The van der Waals surface area contributed by atoms with E-state index in [-0.39, 0.29) is 10.9 Å². The van der Waals surface area contributed by atoms with Crippen molar-refractivity contribution in [2.45, 2.75) is 49.6 Å². The van der Waals surface area contributed by atoms with Crippen LogP contribution in [-0.4, -0.2) is 39.0 Å². The molecular weight excluding hydrogens is 326 g/mol. The van der Waals surface area contributed by atoms with Crippen molar-refractivity contribution in [1.29, 1.82) is 0 Å². The zero-order valence-electron chi connectivity index (χ0n) is 13.5. The van der Waals surface area contributed by atoms with Crippen molar-refractivity contribution < 1.29 is 8.42 Å². The van der Waals surface area contributed by atoms with Crippen molar-refractivity contribution in [3.63, 3.8) is 0 Å². The van der Waals surface area contributed by atoms with Crippen LogP contribution in [0.2, 0.25) is 0 Å². The molecule has 0 spiro atoms. The molecule has 8 heteroatoms. The van der Waals surface area contributed by atoms with Gasteiger partial charge in [-0.2, -0.15) is 4.31 Å². The Kier molecular flexibility index (Phi) is 4.09. The molecule has 0 unspecified atom stereocenters. The molecule has 2 aromatic rings. The van der Waals surface area contributed by atoms with E-state index >= 15 is 0 Å². The first kappa shape index (κ1) is 15.7. The Hall–Kier alpha value is -1.80. The lowest BCUT2D eigenvalue weighted by atomic mass is 10.0. The number of pyridine rings is 1. The summed E-state index contributed by atoms with van der Waals surface area (Å²) in [7, 11) is -3.58. The van der Waals surface area contributed by atoms with Crippen molar-refractivity contribution >= 4 is 10.0 Å². The zero-order valence-corrected chi connectivity index (χ0v) is 14.3. The van der Waals surface area contributed by atoms with Crippen LogP contribution in [0.25, 0.3) is 0 Å². The van der Waals surface area contributed by atoms with Gasteiger partial charge in [0, 0.05) is 25.5 Å². The molecule has 1 atom stereocenters. The maximum absolute atomic E-state index is 13.1. The third kappa shape index (κ3) is 2.95. The monoisotopic (exact) mass is 347 g/mol. The van der Waals surface area contributed by atoms with Gasteiger partial charge >= 0.3 is 0 Å². The lowest BCUT2D eigenvalue weighted by Crippen LogP contribution is -2.39. The van der Waals surface area contributed by atoms with E-state index in [1.807, 2.05) is 4.57 Å². The van der Waals surface area contributed by atoms with Gasteiger partial charge in [0.2, 0.25) is 10.0 Å². The van der Waals surface area contributed by atoms with E-state index in [0.29, 0.717) is 12.5 Å². The summed E-state index contributed by atoms with van der Waals surface area (Å²) in [6.07, 6.45) is 9.85. The number of hydrogen-bond donors (Lipinski definition) is 0. The molecule has 1 saturated carbocycles. The molecule has 2 aliphatic rings. The fourth-order valence-corrected chi connectivity index (χ4v) is 4.95. The maximum atomic E-state index is 13.1. The smallest absolute Gasteiger partial charge is 0.245 e. The number of aromatic nitrogens is 4. The highest BCUT2D eigenvalue weighted by Crippen LogP contribution is 2.36. The van der Waals surface area contributed by atoms with Gasteiger partial charge in [0.25, 0.3) is 0 Å². The second-order valence-corrected chi connectivity index (χ2v) is 8.49. The third-order valence-electron chi connectivity index (χ3n) is 4.79. The average molecular weight is 347 g/mol. The molecule has 2 aromatic heterocycles. The molecule has 2 fully saturated rings. The largest absolute Gasteiger partial charge is 0.316 e. The lowest BCUT2D eigenvalue weighted by molar-refractivity contribution is 0.240. The van der Waals surface area contributed by atoms with Gasteiger partial charge in [-0.25, -0.2) is 8.42 Å². The highest BCUT2D eigenvalue weighted by atomic mass is 32.2. The van der Waals surface area contributed by atoms with E-state index in [0.717, 1.165) is 31.6 Å². The van der Waals surface area contributed by atoms with Gasteiger partial charge in [-0.05, 0) is 43.7 Å². The van der Waals surface area contributed by atoms with Crippen LogP contribution < -0.4 is 0 Å². The van der Waals surface area contributed by atoms with Crippen molar-refractivity contribution in [2.24, 2.45) is 5.92 Å². The SMILES string of the molecule is O=S(=O)(c1cccnc1)N1CCCC[C@H]1c1nncn1CC1CC1. The molecule has 0 N–H and O–H groups in total. The molecule has 0 aromatic carbocycles. The molecule has 7 nitrogen and oxygen atoms in total. The molecule has 0 radical (unpaired) electrons. The Labute approximate surface area is 141 Å². The number of nitrogens with zero attached hydrogens (tertiary/aromatic N) is 5. The van der Waals surface area contributed by atoms with Crippen LogP contribution in [0.4, 0.5) is 0 Å². The van der Waals surface area contributed by atoms with Gasteiger partial charge < -0.3 is 4.57 Å². The fourth-order valence-electron chi connectivity index (χ4n) is 3.33. The third-order valence-corrected chi connectivity index (χ3v) is 6.68. The molecule has 0 amide bonds. The van der Waals surface area contributed by atoms with Gasteiger partial charge in [0.05, 0.1) is 6.04 Å². The molecule has 4 rings (SSSR count). The first-order chi connectivity index (χ1) is 11.7. The maximum Gasteiger partial charge on any atom is 0.245 e. The quantitative estimate of drug-likeness (QED) is 0.826. The van der Waals surface area contributed by atoms with E-state index in [9.17, 15) is 8.42 Å². The summed E-state index contributed by atoms with van der Waals surface area (Å²) in [5.74, 6) is 1.46. The molecule has 0 bridgehead atoms. The Morgan fingerprint density at radius 3 is 2.83 bits per heavy atom. The number of rotatable bonds is 5. The van der Waals surface area contributed by atoms with E-state index in [4.69, 9.17) is 0 Å². The van der Waals surface area contributed by atoms with Gasteiger partial charge in [-0.1, -0.05) is 6.42 Å². The molecule has 1 aliphatic heterocycles. The van der Waals surface area contributed by atoms with E-state index in [2.05, 4.69) is 15.2 Å². The molecule has 128 valence electrons. The van der Waals surface area contributed by atoms with E-state index in [1.54, 1.807) is 29.0 Å². The van der Waals surface area contributed by atoms with Crippen molar-refractivity contribution in [1.82, 2.24) is 24.1 Å². The molecule has 24 heavy (non-hydrogen) atoms. The second-order valence-electron chi connectivity index (χ2n) is 6.60. The summed E-state index contributed by atoms with van der Waals surface area (Å²) >= 11 is 0. The Morgan fingerprint density at radius 1 is 1.21 bits per heavy atom. The molecular formula is C16H21N5O2S. The van der Waals surface area contributed by atoms with Gasteiger partial charge in [0.15, 0.2) is 5.82 Å². The summed E-state index contributed by atoms with van der Waals surface area (Å²) in [5, 5.41) is 8.32. The highest BCUT2D eigenvalue weighted by molar-refractivity contribution is 7.89. The summed E-state index contributed by atoms with van der Waals surface area (Å²) < 4.78 is 29.8. The van der Waals surface area contributed by atoms with Crippen molar-refractivity contribution in [3.05, 3.63) is 36.7 Å². The van der Waals surface area contributed by atoms with Crippen LogP contribution in [0.5, 0.6) is 0 Å². The predicted molar refractivity (Wildman–Crippen MR) is 87.5 cm³/mol. The summed E-state index contributed by atoms with van der Waals surface area (Å²) in [6, 6.07) is 3.01. The minimum absolute atomic E-state index is 0.241. The Bertz CT molecular complexity index is 801. The minimum Gasteiger partial charge on any atom is -0.316 e. The number of piperidine rings is 1. The van der Waals surface area contributed by atoms with Crippen molar-refractivity contribution in [2.75, 3.05) is 6.54 Å². The first-order valence-corrected chi connectivity index (χ1v) is 9.90. The summed E-state index contributed by atoms with van der Waals surface area (Å²) in [4.78, 5) is 4.20. The van der Waals surface area contributed by atoms with Crippen LogP contribution in [-0.2, 0) is 16.6 Å². The second kappa shape index (κ2) is 6.25. The van der Waals surface area contributed by atoms with Gasteiger partial charge in [-0.15, -0.1) is 10.2 Å². The Morgan fingerprint density at radius 2 is 2.08 bits per heavy atom. The molecule has 3 heterocycles. The van der Waals surface area contributed by atoms with Gasteiger partial charge in [-0.3, -0.25) is 4.98 Å². The minimum atomic E-state index is -3.58. The van der Waals surface area contributed by atoms with Crippen LogP contribution in [0.1, 0.15) is 44.0 Å². The zero-order chi connectivity index (χ0) is 16.6. The topological polar surface area (TPSA) is 81.0 Å². The first-order valence-electron chi connectivity index (χ1n) is 8.46. The van der Waals surface area contributed by atoms with Crippen molar-refractivity contribution in [3.8, 4) is 0 Å². The summed E-state index contributed by atoms with van der Waals surface area (Å²) in [5.41, 5.74) is 0. The molecule has 1 saturated heterocycles. The Balaban J connectivity index is 1.67. The highest BCUT2D eigenvalue weighted by Gasteiger charge is 2.37. The predicted octanol–water partition coefficient (Wildman–Crippen LogP) is 2.00. The fraction of sp³-hybridized carbons (Fsp3) is 0.562. The average Bonchev–Trinajstić information content (AvgIpc) is 3.31. The number of hydrogen-bond acceptors (Lipinski definition) is 5. The lowest BCUT2D eigenvalue weighted by Gasteiger charge is -2.34.